The first-order valence-electron chi connectivity index (χ1n) is 22.4. The normalized spacial score (nSPS) is 16.3. The lowest BCUT2D eigenvalue weighted by atomic mass is 9.86. The van der Waals surface area contributed by atoms with Crippen molar-refractivity contribution in [2.24, 2.45) is 0 Å². The molecule has 15 heteroatoms. The van der Waals surface area contributed by atoms with Gasteiger partial charge in [0.15, 0.2) is 0 Å². The molecule has 4 aromatic rings. The number of hydrogen-bond acceptors (Lipinski definition) is 10. The van der Waals surface area contributed by atoms with Crippen molar-refractivity contribution in [1.82, 2.24) is 19.6 Å². The quantitative estimate of drug-likeness (QED) is 0.143. The lowest BCUT2D eigenvalue weighted by molar-refractivity contribution is 0.112. The first-order chi connectivity index (χ1) is 28.9. The lowest BCUT2D eigenvalue weighted by Crippen LogP contribution is -2.47. The molecule has 0 unspecified atom stereocenters. The van der Waals surface area contributed by atoms with E-state index in [9.17, 15) is 0 Å². The highest BCUT2D eigenvalue weighted by Crippen LogP contribution is 2.50. The van der Waals surface area contributed by atoms with Crippen molar-refractivity contribution in [1.29, 1.82) is 0 Å². The average molecular weight is 1020 g/mol. The summed E-state index contributed by atoms with van der Waals surface area (Å²) in [5.41, 5.74) is 8.49. The summed E-state index contributed by atoms with van der Waals surface area (Å²) in [5.74, 6) is 0. The minimum absolute atomic E-state index is 0. The molecular formula is C50H76Cl4N6O3S2. The number of nitrogens with zero attached hydrogens (tertiary/aromatic N) is 6. The van der Waals surface area contributed by atoms with Crippen molar-refractivity contribution < 1.29 is 15.7 Å². The second-order valence-electron chi connectivity index (χ2n) is 18.8. The molecule has 4 aliphatic rings. The molecule has 2 fully saturated rings. The number of para-hydroxylation sites is 2. The Morgan fingerprint density at radius 2 is 0.723 bits per heavy atom. The molecular weight excluding hydrogens is 939 g/mol. The summed E-state index contributed by atoms with van der Waals surface area (Å²) in [6.07, 6.45) is 2.30. The lowest BCUT2D eigenvalue weighted by Gasteiger charge is -2.36. The van der Waals surface area contributed by atoms with E-state index >= 15 is 0 Å². The molecule has 2 saturated heterocycles. The number of hydrogen-bond donors (Lipinski definition) is 2. The Morgan fingerprint density at radius 1 is 0.415 bits per heavy atom. The zero-order valence-electron chi connectivity index (χ0n) is 39.3. The number of benzene rings is 4. The van der Waals surface area contributed by atoms with Crippen LogP contribution in [0.15, 0.2) is 105 Å². The first-order valence-corrected chi connectivity index (χ1v) is 24.0. The van der Waals surface area contributed by atoms with Crippen LogP contribution in [0.3, 0.4) is 0 Å². The third-order valence-electron chi connectivity index (χ3n) is 12.5. The van der Waals surface area contributed by atoms with Gasteiger partial charge in [-0.3, -0.25) is 9.80 Å². The molecule has 8 rings (SSSR count). The second kappa shape index (κ2) is 27.3. The summed E-state index contributed by atoms with van der Waals surface area (Å²) in [5, 5.41) is 18.3. The van der Waals surface area contributed by atoms with Crippen LogP contribution in [0.5, 0.6) is 0 Å². The molecule has 0 saturated carbocycles. The third kappa shape index (κ3) is 15.5. The van der Waals surface area contributed by atoms with Crippen molar-refractivity contribution in [3.8, 4) is 0 Å². The van der Waals surface area contributed by atoms with Gasteiger partial charge < -0.3 is 35.3 Å². The van der Waals surface area contributed by atoms with E-state index in [1.54, 1.807) is 0 Å². The Labute approximate surface area is 424 Å². The van der Waals surface area contributed by atoms with Crippen molar-refractivity contribution in [2.75, 3.05) is 115 Å². The molecule has 65 heavy (non-hydrogen) atoms. The number of halogens is 4. The number of aliphatic hydroxyl groups excluding tert-OH is 2. The van der Waals surface area contributed by atoms with Gasteiger partial charge in [0.25, 0.3) is 0 Å². The predicted molar refractivity (Wildman–Crippen MR) is 287 cm³/mol. The van der Waals surface area contributed by atoms with Crippen molar-refractivity contribution in [3.63, 3.8) is 0 Å². The molecule has 0 amide bonds. The molecule has 0 atom stereocenters. The number of piperazine rings is 2. The molecule has 0 radical (unpaired) electrons. The summed E-state index contributed by atoms with van der Waals surface area (Å²) in [6.45, 7) is 29.0. The Morgan fingerprint density at radius 3 is 1.05 bits per heavy atom. The molecule has 364 valence electrons. The van der Waals surface area contributed by atoms with Crippen LogP contribution in [0, 0.1) is 0 Å². The van der Waals surface area contributed by atoms with Gasteiger partial charge in [0.05, 0.1) is 36.0 Å². The molecule has 4 aromatic carbocycles. The fraction of sp³-hybridized carbons (Fsp3) is 0.520. The topological polar surface area (TPSA) is 91.4 Å². The fourth-order valence-electron chi connectivity index (χ4n) is 8.73. The number of rotatable bonds is 12. The van der Waals surface area contributed by atoms with Crippen LogP contribution in [-0.4, -0.2) is 140 Å². The summed E-state index contributed by atoms with van der Waals surface area (Å²) < 4.78 is 0. The van der Waals surface area contributed by atoms with E-state index < -0.39 is 0 Å². The van der Waals surface area contributed by atoms with Gasteiger partial charge in [-0.05, 0) is 96.4 Å². The van der Waals surface area contributed by atoms with Crippen LogP contribution >= 0.6 is 73.2 Å². The summed E-state index contributed by atoms with van der Waals surface area (Å²) in [7, 11) is 0. The van der Waals surface area contributed by atoms with Crippen LogP contribution < -0.4 is 9.80 Å². The van der Waals surface area contributed by atoms with Gasteiger partial charge in [-0.2, -0.15) is 0 Å². The summed E-state index contributed by atoms with van der Waals surface area (Å²) >= 11 is 3.79. The van der Waals surface area contributed by atoms with Gasteiger partial charge in [-0.25, -0.2) is 0 Å². The van der Waals surface area contributed by atoms with Gasteiger partial charge in [-0.15, -0.1) is 49.6 Å². The van der Waals surface area contributed by atoms with Crippen molar-refractivity contribution >= 4 is 95.9 Å². The molecule has 4 aliphatic heterocycles. The maximum atomic E-state index is 9.14. The average Bonchev–Trinajstić information content (AvgIpc) is 3.24. The number of aliphatic hydroxyl groups is 2. The Bertz CT molecular complexity index is 1880. The van der Waals surface area contributed by atoms with Gasteiger partial charge in [-0.1, -0.05) is 101 Å². The van der Waals surface area contributed by atoms with Gasteiger partial charge >= 0.3 is 0 Å². The predicted octanol–water partition coefficient (Wildman–Crippen LogP) is 10.0. The number of fused-ring (bicyclic) bond motifs is 4. The van der Waals surface area contributed by atoms with Gasteiger partial charge in [0.1, 0.15) is 0 Å². The Hall–Kier alpha value is -1.94. The minimum Gasteiger partial charge on any atom is -0.412 e. The third-order valence-corrected chi connectivity index (χ3v) is 14.7. The van der Waals surface area contributed by atoms with Crippen LogP contribution in [-0.2, 0) is 10.8 Å². The van der Waals surface area contributed by atoms with E-state index in [1.807, 2.05) is 23.5 Å². The summed E-state index contributed by atoms with van der Waals surface area (Å²) in [4.78, 5) is 20.4. The molecule has 4 N–H and O–H groups in total. The highest BCUT2D eigenvalue weighted by Gasteiger charge is 2.28. The van der Waals surface area contributed by atoms with E-state index in [-0.39, 0.29) is 79.1 Å². The van der Waals surface area contributed by atoms with E-state index in [2.05, 4.69) is 156 Å². The van der Waals surface area contributed by atoms with E-state index in [4.69, 9.17) is 10.2 Å². The van der Waals surface area contributed by atoms with Crippen LogP contribution in [0.1, 0.15) is 65.5 Å². The maximum absolute atomic E-state index is 9.14. The first kappa shape index (κ1) is 59.2. The second-order valence-corrected chi connectivity index (χ2v) is 21.0. The van der Waals surface area contributed by atoms with Gasteiger partial charge in [0.2, 0.25) is 0 Å². The number of β-amino-alcohol motifs (C(OH)–C–C–N with tert-alkyl or cyclic N) is 2. The van der Waals surface area contributed by atoms with E-state index in [0.29, 0.717) is 0 Å². The van der Waals surface area contributed by atoms with Crippen LogP contribution in [0.2, 0.25) is 0 Å². The van der Waals surface area contributed by atoms with Crippen LogP contribution in [0.25, 0.3) is 0 Å². The molecule has 0 spiro atoms. The molecule has 0 aromatic heterocycles. The minimum atomic E-state index is 0. The standard InChI is InChI=1S/2C25H35N3OS.4ClH.H2O/c2*1-25(2,3)20-9-10-24-22(19-20)28(21-7-4-5-8-23(21)30-24)12-6-11-26-13-15-27(16-14-26)17-18-29;;;;;/h2*4-5,7-10,19,29H,6,11-18H2,1-3H3;4*1H;1H2. The van der Waals surface area contributed by atoms with Gasteiger partial charge in [0, 0.05) is 98.1 Å². The Balaban J connectivity index is 0.000000415. The zero-order valence-corrected chi connectivity index (χ0v) is 44.2. The highest BCUT2D eigenvalue weighted by molar-refractivity contribution is 8.00. The number of anilines is 4. The Kier molecular flexibility index (Phi) is 24.9. The van der Waals surface area contributed by atoms with Crippen molar-refractivity contribution in [3.05, 3.63) is 96.1 Å². The monoisotopic (exact) mass is 1010 g/mol. The molecule has 0 bridgehead atoms. The van der Waals surface area contributed by atoms with E-state index in [1.165, 1.54) is 53.5 Å². The molecule has 0 aliphatic carbocycles. The highest BCUT2D eigenvalue weighted by atomic mass is 35.5. The zero-order chi connectivity index (χ0) is 42.3. The largest absolute Gasteiger partial charge is 0.412 e. The maximum Gasteiger partial charge on any atom is 0.0558 e. The SMILES string of the molecule is CC(C)(C)c1ccc2c(c1)N(CCCN1CCN(CCO)CC1)c1ccccc1S2.CC(C)(C)c1ccc2c(c1)N(CCCN1CCN(CCO)CC1)c1ccccc1S2.Cl.Cl.Cl.Cl.O. The van der Waals surface area contributed by atoms with Crippen LogP contribution in [0.4, 0.5) is 22.7 Å². The smallest absolute Gasteiger partial charge is 0.0558 e. The van der Waals surface area contributed by atoms with E-state index in [0.717, 1.165) is 104 Å². The fourth-order valence-corrected chi connectivity index (χ4v) is 10.9. The molecule has 9 nitrogen and oxygen atoms in total. The molecule has 4 heterocycles. The van der Waals surface area contributed by atoms with Crippen molar-refractivity contribution in [2.45, 2.75) is 84.8 Å². The summed E-state index contributed by atoms with van der Waals surface area (Å²) in [6, 6.07) is 31.7.